The number of benzene rings is 1. The largest absolute Gasteiger partial charge is 0.303 e. The zero-order valence-electron chi connectivity index (χ0n) is 13.6. The van der Waals surface area contributed by atoms with E-state index >= 15 is 0 Å². The number of hydrogen-bond donors (Lipinski definition) is 1. The number of piperidine rings is 1. The van der Waals surface area contributed by atoms with E-state index in [2.05, 4.69) is 9.62 Å². The van der Waals surface area contributed by atoms with Crippen LogP contribution < -0.4 is 4.72 Å². The minimum atomic E-state index is -3.38. The molecule has 1 atom stereocenters. The second-order valence-electron chi connectivity index (χ2n) is 7.63. The summed E-state index contributed by atoms with van der Waals surface area (Å²) in [7, 11) is -3.38. The summed E-state index contributed by atoms with van der Waals surface area (Å²) in [5, 5.41) is 0. The van der Waals surface area contributed by atoms with E-state index in [0.29, 0.717) is 4.90 Å². The SMILES string of the molecule is O=S(=O)(NC1CCC12CCN(CC1CC1)CC2)c1ccccc1. The predicted octanol–water partition coefficient (Wildman–Crippen LogP) is 2.62. The molecule has 3 aliphatic rings. The topological polar surface area (TPSA) is 49.4 Å². The van der Waals surface area contributed by atoms with Crippen LogP contribution in [0.3, 0.4) is 0 Å². The molecule has 1 N–H and O–H groups in total. The van der Waals surface area contributed by atoms with Crippen LogP contribution in [0.4, 0.5) is 0 Å². The Balaban J connectivity index is 1.39. The molecule has 0 radical (unpaired) electrons. The number of hydrogen-bond acceptors (Lipinski definition) is 3. The summed E-state index contributed by atoms with van der Waals surface area (Å²) in [6, 6.07) is 8.87. The molecule has 1 saturated heterocycles. The van der Waals surface area contributed by atoms with Gasteiger partial charge in [0.15, 0.2) is 0 Å². The fourth-order valence-electron chi connectivity index (χ4n) is 4.18. The van der Waals surface area contributed by atoms with Gasteiger partial charge >= 0.3 is 0 Å². The molecule has 1 unspecified atom stereocenters. The van der Waals surface area contributed by atoms with Crippen molar-refractivity contribution < 1.29 is 8.42 Å². The third-order valence-electron chi connectivity index (χ3n) is 6.09. The van der Waals surface area contributed by atoms with Crippen molar-refractivity contribution in [3.8, 4) is 0 Å². The summed E-state index contributed by atoms with van der Waals surface area (Å²) >= 11 is 0. The highest BCUT2D eigenvalue weighted by molar-refractivity contribution is 7.89. The van der Waals surface area contributed by atoms with Crippen LogP contribution in [-0.4, -0.2) is 39.0 Å². The maximum absolute atomic E-state index is 12.6. The van der Waals surface area contributed by atoms with Crippen molar-refractivity contribution in [2.45, 2.75) is 49.5 Å². The minimum absolute atomic E-state index is 0.121. The number of nitrogens with one attached hydrogen (secondary N) is 1. The van der Waals surface area contributed by atoms with Gasteiger partial charge in [-0.3, -0.25) is 0 Å². The normalized spacial score (nSPS) is 27.7. The molecular formula is C18H26N2O2S. The summed E-state index contributed by atoms with van der Waals surface area (Å²) in [5.41, 5.74) is 0.210. The molecule has 1 aliphatic heterocycles. The Morgan fingerprint density at radius 2 is 1.74 bits per heavy atom. The smallest absolute Gasteiger partial charge is 0.240 e. The molecule has 2 aliphatic carbocycles. The van der Waals surface area contributed by atoms with Crippen molar-refractivity contribution in [3.05, 3.63) is 30.3 Å². The zero-order chi connectivity index (χ0) is 15.9. The molecule has 3 fully saturated rings. The van der Waals surface area contributed by atoms with E-state index in [9.17, 15) is 8.42 Å². The van der Waals surface area contributed by atoms with Gasteiger partial charge in [0, 0.05) is 12.6 Å². The summed E-state index contributed by atoms with van der Waals surface area (Å²) in [6.07, 6.45) is 7.24. The molecule has 1 aromatic carbocycles. The van der Waals surface area contributed by atoms with Crippen LogP contribution in [0, 0.1) is 11.3 Å². The van der Waals surface area contributed by atoms with E-state index in [4.69, 9.17) is 0 Å². The molecule has 2 saturated carbocycles. The van der Waals surface area contributed by atoms with E-state index in [0.717, 1.165) is 38.3 Å². The van der Waals surface area contributed by atoms with Crippen molar-refractivity contribution in [2.75, 3.05) is 19.6 Å². The van der Waals surface area contributed by atoms with Crippen molar-refractivity contribution in [1.29, 1.82) is 0 Å². The molecule has 1 heterocycles. The van der Waals surface area contributed by atoms with Gasteiger partial charge in [0.05, 0.1) is 4.90 Å². The van der Waals surface area contributed by atoms with Crippen molar-refractivity contribution >= 4 is 10.0 Å². The van der Waals surface area contributed by atoms with Crippen LogP contribution in [0.5, 0.6) is 0 Å². The Hall–Kier alpha value is -0.910. The third-order valence-corrected chi connectivity index (χ3v) is 7.57. The highest BCUT2D eigenvalue weighted by atomic mass is 32.2. The molecule has 1 aromatic rings. The second kappa shape index (κ2) is 5.87. The van der Waals surface area contributed by atoms with Gasteiger partial charge in [0.25, 0.3) is 0 Å². The van der Waals surface area contributed by atoms with E-state index < -0.39 is 10.0 Å². The van der Waals surface area contributed by atoms with Gasteiger partial charge < -0.3 is 4.90 Å². The Morgan fingerprint density at radius 1 is 1.04 bits per heavy atom. The predicted molar refractivity (Wildman–Crippen MR) is 90.6 cm³/mol. The summed E-state index contributed by atoms with van der Waals surface area (Å²) in [6.45, 7) is 3.54. The second-order valence-corrected chi connectivity index (χ2v) is 9.35. The van der Waals surface area contributed by atoms with Gasteiger partial charge in [0.1, 0.15) is 0 Å². The van der Waals surface area contributed by atoms with Gasteiger partial charge in [-0.05, 0) is 75.1 Å². The molecule has 0 amide bonds. The molecule has 126 valence electrons. The lowest BCUT2D eigenvalue weighted by atomic mass is 9.59. The van der Waals surface area contributed by atoms with Crippen LogP contribution in [-0.2, 0) is 10.0 Å². The lowest BCUT2D eigenvalue weighted by molar-refractivity contribution is 0.00188. The van der Waals surface area contributed by atoms with Gasteiger partial charge in [-0.15, -0.1) is 0 Å². The van der Waals surface area contributed by atoms with E-state index in [-0.39, 0.29) is 11.5 Å². The lowest BCUT2D eigenvalue weighted by Gasteiger charge is -2.54. The van der Waals surface area contributed by atoms with Crippen LogP contribution in [0.1, 0.15) is 38.5 Å². The summed E-state index contributed by atoms with van der Waals surface area (Å²) < 4.78 is 28.1. The van der Waals surface area contributed by atoms with Gasteiger partial charge in [-0.1, -0.05) is 18.2 Å². The molecule has 4 nitrogen and oxygen atoms in total. The van der Waals surface area contributed by atoms with Crippen molar-refractivity contribution in [3.63, 3.8) is 0 Å². The van der Waals surface area contributed by atoms with Gasteiger partial charge in [-0.2, -0.15) is 0 Å². The third kappa shape index (κ3) is 3.19. The first-order chi connectivity index (χ1) is 11.1. The van der Waals surface area contributed by atoms with Crippen LogP contribution in [0.2, 0.25) is 0 Å². The molecule has 23 heavy (non-hydrogen) atoms. The minimum Gasteiger partial charge on any atom is -0.303 e. The molecule has 1 spiro atoms. The van der Waals surface area contributed by atoms with Crippen LogP contribution in [0.25, 0.3) is 0 Å². The monoisotopic (exact) mass is 334 g/mol. The van der Waals surface area contributed by atoms with E-state index in [1.165, 1.54) is 25.8 Å². The van der Waals surface area contributed by atoms with Gasteiger partial charge in [-0.25, -0.2) is 13.1 Å². The fourth-order valence-corrected chi connectivity index (χ4v) is 5.57. The molecule has 0 aromatic heterocycles. The molecule has 5 heteroatoms. The number of rotatable bonds is 5. The Labute approximate surface area is 139 Å². The number of nitrogens with zero attached hydrogens (tertiary/aromatic N) is 1. The standard InChI is InChI=1S/C18H26N2O2S/c21-23(22,16-4-2-1-3-5-16)19-17-8-9-18(17)10-12-20(13-11-18)14-15-6-7-15/h1-5,15,17,19H,6-14H2. The Bertz CT molecular complexity index is 647. The fraction of sp³-hybridized carbons (Fsp3) is 0.667. The first-order valence-electron chi connectivity index (χ1n) is 8.87. The van der Waals surface area contributed by atoms with Crippen LogP contribution >= 0.6 is 0 Å². The first kappa shape index (κ1) is 15.6. The highest BCUT2D eigenvalue weighted by Crippen LogP contribution is 2.50. The maximum atomic E-state index is 12.6. The number of sulfonamides is 1. The molecule has 0 bridgehead atoms. The first-order valence-corrected chi connectivity index (χ1v) is 10.4. The Morgan fingerprint density at radius 3 is 2.30 bits per heavy atom. The summed E-state index contributed by atoms with van der Waals surface area (Å²) in [5.74, 6) is 0.942. The van der Waals surface area contributed by atoms with Gasteiger partial charge in [0.2, 0.25) is 10.0 Å². The molecular weight excluding hydrogens is 308 g/mol. The maximum Gasteiger partial charge on any atom is 0.240 e. The lowest BCUT2D eigenvalue weighted by Crippen LogP contribution is -2.59. The van der Waals surface area contributed by atoms with Crippen LogP contribution in [0.15, 0.2) is 35.2 Å². The van der Waals surface area contributed by atoms with E-state index in [1.54, 1.807) is 24.3 Å². The molecule has 4 rings (SSSR count). The zero-order valence-corrected chi connectivity index (χ0v) is 14.4. The average Bonchev–Trinajstić information content (AvgIpc) is 3.37. The average molecular weight is 334 g/mol. The van der Waals surface area contributed by atoms with E-state index in [1.807, 2.05) is 6.07 Å². The van der Waals surface area contributed by atoms with Crippen molar-refractivity contribution in [2.24, 2.45) is 11.3 Å². The van der Waals surface area contributed by atoms with Crippen molar-refractivity contribution in [1.82, 2.24) is 9.62 Å². The Kier molecular flexibility index (Phi) is 3.98. The summed E-state index contributed by atoms with van der Waals surface area (Å²) in [4.78, 5) is 2.97. The number of likely N-dealkylation sites (tertiary alicyclic amines) is 1. The highest BCUT2D eigenvalue weighted by Gasteiger charge is 2.49. The quantitative estimate of drug-likeness (QED) is 0.900.